The van der Waals surface area contributed by atoms with E-state index in [1.54, 1.807) is 0 Å². The van der Waals surface area contributed by atoms with Crippen LogP contribution in [0, 0.1) is 17.6 Å². The van der Waals surface area contributed by atoms with Gasteiger partial charge in [0, 0.05) is 17.2 Å². The number of amides is 2. The molecule has 1 aliphatic rings. The van der Waals surface area contributed by atoms with E-state index in [0.717, 1.165) is 25.0 Å². The van der Waals surface area contributed by atoms with Crippen molar-refractivity contribution in [2.24, 2.45) is 16.8 Å². The van der Waals surface area contributed by atoms with Crippen molar-refractivity contribution in [1.29, 1.82) is 0 Å². The van der Waals surface area contributed by atoms with E-state index in [0.29, 0.717) is 6.07 Å². The molecule has 1 aromatic heterocycles. The monoisotopic (exact) mass is 615 g/mol. The van der Waals surface area contributed by atoms with Crippen LogP contribution in [-0.4, -0.2) is 38.4 Å². The van der Waals surface area contributed by atoms with Gasteiger partial charge in [-0.2, -0.15) is 17.2 Å². The average Bonchev–Trinajstić information content (AvgIpc) is 3.60. The van der Waals surface area contributed by atoms with Crippen molar-refractivity contribution in [3.05, 3.63) is 65.1 Å². The van der Waals surface area contributed by atoms with E-state index in [2.05, 4.69) is 15.0 Å². The molecule has 6 N–H and O–H groups in total. The number of oxazole rings is 1. The van der Waals surface area contributed by atoms with E-state index >= 15 is 0 Å². The van der Waals surface area contributed by atoms with Crippen LogP contribution in [0.2, 0.25) is 0 Å². The topological polar surface area (TPSA) is 189 Å². The van der Waals surface area contributed by atoms with Crippen LogP contribution in [-0.2, 0) is 15.0 Å². The molecule has 1 heterocycles. The second-order valence-electron chi connectivity index (χ2n) is 9.40. The summed E-state index contributed by atoms with van der Waals surface area (Å²) in [6, 6.07) is 2.88. The van der Waals surface area contributed by atoms with E-state index in [9.17, 15) is 35.6 Å². The van der Waals surface area contributed by atoms with Gasteiger partial charge in [0.2, 0.25) is 5.89 Å². The molecule has 0 aliphatic heterocycles. The second kappa shape index (κ2) is 12.3. The largest absolute Gasteiger partial charge is 0.489 e. The van der Waals surface area contributed by atoms with Crippen LogP contribution in [0.5, 0.6) is 11.5 Å². The number of ether oxygens (including phenoxy) is 2. The summed E-state index contributed by atoms with van der Waals surface area (Å²) in [6.07, 6.45) is 1.86. The molecule has 17 heteroatoms. The van der Waals surface area contributed by atoms with Crippen molar-refractivity contribution in [1.82, 2.24) is 15.0 Å². The average molecular weight is 616 g/mol. The number of carbonyl (C=O) groups is 2. The first-order valence-electron chi connectivity index (χ1n) is 12.3. The molecule has 3 aromatic rings. The summed E-state index contributed by atoms with van der Waals surface area (Å²) >= 11 is 0. The lowest BCUT2D eigenvalue weighted by Crippen LogP contribution is -2.45. The third kappa shape index (κ3) is 7.74. The third-order valence-corrected chi connectivity index (χ3v) is 6.40. The van der Waals surface area contributed by atoms with Gasteiger partial charge in [-0.15, -0.1) is 0 Å². The molecule has 1 saturated carbocycles. The molecular formula is C25H25F4N5O7S. The van der Waals surface area contributed by atoms with E-state index < -0.39 is 63.6 Å². The lowest BCUT2D eigenvalue weighted by Gasteiger charge is -2.18. The fourth-order valence-corrected chi connectivity index (χ4v) is 4.18. The quantitative estimate of drug-likeness (QED) is 0.222. The number of nitrogens with zero attached hydrogens (tertiary/aromatic N) is 1. The van der Waals surface area contributed by atoms with Gasteiger partial charge in [-0.25, -0.2) is 23.6 Å². The minimum atomic E-state index is -4.64. The number of rotatable bonds is 12. The molecule has 42 heavy (non-hydrogen) atoms. The van der Waals surface area contributed by atoms with Gasteiger partial charge in [0.1, 0.15) is 17.7 Å². The van der Waals surface area contributed by atoms with Gasteiger partial charge in [0.05, 0.1) is 12.6 Å². The molecule has 2 amide bonds. The minimum Gasteiger partial charge on any atom is -0.489 e. The van der Waals surface area contributed by atoms with Crippen molar-refractivity contribution in [3.8, 4) is 23.0 Å². The Morgan fingerprint density at radius 2 is 1.86 bits per heavy atom. The predicted molar refractivity (Wildman–Crippen MR) is 137 cm³/mol. The van der Waals surface area contributed by atoms with Crippen molar-refractivity contribution in [2.45, 2.75) is 38.5 Å². The summed E-state index contributed by atoms with van der Waals surface area (Å²) in [5.74, 6) is -5.28. The lowest BCUT2D eigenvalue weighted by atomic mass is 10.0. The van der Waals surface area contributed by atoms with Crippen LogP contribution in [0.1, 0.15) is 53.7 Å². The van der Waals surface area contributed by atoms with Crippen LogP contribution < -0.4 is 30.4 Å². The number of hydrogen-bond donors (Lipinski definition) is 4. The van der Waals surface area contributed by atoms with Crippen LogP contribution >= 0.6 is 0 Å². The highest BCUT2D eigenvalue weighted by Crippen LogP contribution is 2.37. The number of nitrogens with one attached hydrogen (secondary N) is 2. The number of aromatic nitrogens is 1. The standard InChI is InChI=1S/C25H25F4N5O7S/c1-11(30)21-20(22(35)32-19(23(36)34-42(31,37)38)15-6-5-14(26)9-16(15)27)33-24(41-21)13-4-7-17(40-25(28)29)18(8-13)39-10-12-2-3-12/h4-9,11-12,19,25H,2-3,10,30H2,1H3,(H,32,35)(H,34,36)(H2,31,37,38)/t11-,19?/m0/s1. The second-order valence-corrected chi connectivity index (χ2v) is 10.7. The molecular weight excluding hydrogens is 590 g/mol. The summed E-state index contributed by atoms with van der Waals surface area (Å²) in [5, 5.41) is 6.98. The molecule has 1 aliphatic carbocycles. The maximum Gasteiger partial charge on any atom is 0.387 e. The summed E-state index contributed by atoms with van der Waals surface area (Å²) < 4.78 is 94.0. The summed E-state index contributed by atoms with van der Waals surface area (Å²) in [4.78, 5) is 30.1. The first-order valence-corrected chi connectivity index (χ1v) is 13.8. The van der Waals surface area contributed by atoms with E-state index in [1.165, 1.54) is 29.8 Å². The maximum absolute atomic E-state index is 14.6. The zero-order valence-electron chi connectivity index (χ0n) is 21.8. The van der Waals surface area contributed by atoms with Crippen LogP contribution in [0.25, 0.3) is 11.5 Å². The Morgan fingerprint density at radius 1 is 1.14 bits per heavy atom. The van der Waals surface area contributed by atoms with Crippen molar-refractivity contribution >= 4 is 22.0 Å². The maximum atomic E-state index is 14.6. The predicted octanol–water partition coefficient (Wildman–Crippen LogP) is 2.82. The minimum absolute atomic E-state index is 0.0298. The summed E-state index contributed by atoms with van der Waals surface area (Å²) in [7, 11) is -4.64. The Labute approximate surface area is 236 Å². The van der Waals surface area contributed by atoms with Crippen LogP contribution in [0.15, 0.2) is 40.8 Å². The number of halogens is 4. The normalized spacial score (nSPS) is 14.8. The van der Waals surface area contributed by atoms with Crippen LogP contribution in [0.4, 0.5) is 17.6 Å². The number of benzene rings is 2. The first-order chi connectivity index (χ1) is 19.7. The molecule has 0 bridgehead atoms. The van der Waals surface area contributed by atoms with Crippen LogP contribution in [0.3, 0.4) is 0 Å². The third-order valence-electron chi connectivity index (χ3n) is 5.91. The molecule has 12 nitrogen and oxygen atoms in total. The molecule has 4 rings (SSSR count). The highest BCUT2D eigenvalue weighted by atomic mass is 32.2. The SMILES string of the molecule is C[C@H](N)c1oc(-c2ccc(OC(F)F)c(OCC3CC3)c2)nc1C(=O)NC(C(=O)NS(N)(=O)=O)c1ccc(F)cc1F. The Morgan fingerprint density at radius 3 is 2.45 bits per heavy atom. The molecule has 1 fully saturated rings. The molecule has 2 aromatic carbocycles. The molecule has 0 spiro atoms. The number of hydrogen-bond acceptors (Lipinski definition) is 9. The van der Waals surface area contributed by atoms with Gasteiger partial charge in [-0.1, -0.05) is 6.07 Å². The van der Waals surface area contributed by atoms with E-state index in [4.69, 9.17) is 20.0 Å². The van der Waals surface area contributed by atoms with Gasteiger partial charge >= 0.3 is 6.61 Å². The molecule has 0 radical (unpaired) electrons. The highest BCUT2D eigenvalue weighted by molar-refractivity contribution is 7.87. The van der Waals surface area contributed by atoms with E-state index in [-0.39, 0.29) is 41.2 Å². The van der Waals surface area contributed by atoms with Crippen molar-refractivity contribution in [3.63, 3.8) is 0 Å². The highest BCUT2D eigenvalue weighted by Gasteiger charge is 2.32. The van der Waals surface area contributed by atoms with Gasteiger partial charge in [-0.05, 0) is 49.9 Å². The van der Waals surface area contributed by atoms with Gasteiger partial charge < -0.3 is 24.9 Å². The first kappa shape index (κ1) is 30.7. The molecule has 226 valence electrons. The zero-order valence-corrected chi connectivity index (χ0v) is 22.6. The molecule has 1 unspecified atom stereocenters. The Bertz CT molecular complexity index is 1600. The van der Waals surface area contributed by atoms with Crippen molar-refractivity contribution in [2.75, 3.05) is 6.61 Å². The van der Waals surface area contributed by atoms with Gasteiger partial charge in [0.25, 0.3) is 22.0 Å². The number of nitrogens with two attached hydrogens (primary N) is 2. The molecule has 0 saturated heterocycles. The lowest BCUT2D eigenvalue weighted by molar-refractivity contribution is -0.121. The Kier molecular flexibility index (Phi) is 9.03. The van der Waals surface area contributed by atoms with E-state index in [1.807, 2.05) is 0 Å². The Hall–Kier alpha value is -4.22. The summed E-state index contributed by atoms with van der Waals surface area (Å²) in [5.41, 5.74) is 5.06. The fourth-order valence-electron chi connectivity index (χ4n) is 3.78. The van der Waals surface area contributed by atoms with Gasteiger partial charge in [0.15, 0.2) is 23.0 Å². The smallest absolute Gasteiger partial charge is 0.387 e. The molecule has 2 atom stereocenters. The number of carbonyl (C=O) groups excluding carboxylic acids is 2. The number of alkyl halides is 2. The zero-order chi connectivity index (χ0) is 30.8. The van der Waals surface area contributed by atoms with Crippen molar-refractivity contribution < 1.29 is 49.5 Å². The summed E-state index contributed by atoms with van der Waals surface area (Å²) in [6.45, 7) is -1.42. The van der Waals surface area contributed by atoms with Gasteiger partial charge in [-0.3, -0.25) is 9.59 Å². The fraction of sp³-hybridized carbons (Fsp3) is 0.320. The Balaban J connectivity index is 1.69.